The van der Waals surface area contributed by atoms with E-state index in [4.69, 9.17) is 34.8 Å². The summed E-state index contributed by atoms with van der Waals surface area (Å²) >= 11 is 21.2. The zero-order valence-electron chi connectivity index (χ0n) is 6.27. The number of halogens is 4. The zero-order valence-corrected chi connectivity index (χ0v) is 10.9. The maximum atomic E-state index is 11.3. The summed E-state index contributed by atoms with van der Waals surface area (Å²) in [5, 5.41) is 2.43. The molecule has 0 amide bonds. The van der Waals surface area contributed by atoms with Gasteiger partial charge in [0.25, 0.3) is 3.92 Å². The molecule has 74 valence electrons. The first-order valence-corrected chi connectivity index (χ1v) is 6.43. The second-order valence-corrected chi connectivity index (χ2v) is 6.07. The normalized spacial score (nSPS) is 12.0. The molecule has 0 fully saturated rings. The number of thiazole rings is 1. The fraction of sp³-hybridized carbons (Fsp3) is 0.500. The fourth-order valence-corrected chi connectivity index (χ4v) is 2.81. The van der Waals surface area contributed by atoms with Crippen molar-refractivity contribution in [3.05, 3.63) is 20.7 Å². The highest BCUT2D eigenvalue weighted by molar-refractivity contribution is 9.09. The molecule has 0 atom stereocenters. The summed E-state index contributed by atoms with van der Waals surface area (Å²) in [5.74, 6) is 0. The molecule has 0 aliphatic heterocycles. The predicted molar refractivity (Wildman–Crippen MR) is 61.6 cm³/mol. The molecule has 2 nitrogen and oxygen atoms in total. The number of aryl methyl sites for hydroxylation is 1. The molecule has 13 heavy (non-hydrogen) atoms. The largest absolute Gasteiger partial charge is 0.310 e. The SMILES string of the molecule is O=c1scc(CCBr)n1C(Cl)(Cl)Cl. The molecule has 1 aromatic heterocycles. The van der Waals surface area contributed by atoms with Crippen molar-refractivity contribution in [1.82, 2.24) is 4.57 Å². The van der Waals surface area contributed by atoms with Crippen LogP contribution in [0.1, 0.15) is 5.69 Å². The highest BCUT2D eigenvalue weighted by atomic mass is 79.9. The Balaban J connectivity index is 3.17. The minimum Gasteiger partial charge on any atom is -0.257 e. The van der Waals surface area contributed by atoms with Crippen LogP contribution in [-0.4, -0.2) is 9.90 Å². The van der Waals surface area contributed by atoms with Crippen molar-refractivity contribution in [3.63, 3.8) is 0 Å². The van der Waals surface area contributed by atoms with E-state index in [0.29, 0.717) is 6.42 Å². The molecule has 0 bridgehead atoms. The van der Waals surface area contributed by atoms with Crippen LogP contribution >= 0.6 is 62.1 Å². The number of hydrogen-bond donors (Lipinski definition) is 0. The average molecular weight is 325 g/mol. The summed E-state index contributed by atoms with van der Waals surface area (Å²) in [7, 11) is 0. The predicted octanol–water partition coefficient (Wildman–Crippen LogP) is 3.13. The quantitative estimate of drug-likeness (QED) is 0.766. The van der Waals surface area contributed by atoms with E-state index in [0.717, 1.165) is 22.4 Å². The summed E-state index contributed by atoms with van der Waals surface area (Å²) in [6.45, 7) is 0. The monoisotopic (exact) mass is 323 g/mol. The summed E-state index contributed by atoms with van der Waals surface area (Å²) in [4.78, 5) is 11.0. The lowest BCUT2D eigenvalue weighted by Gasteiger charge is -2.14. The first-order chi connectivity index (χ1) is 5.96. The second-order valence-electron chi connectivity index (χ2n) is 2.24. The second kappa shape index (κ2) is 4.53. The maximum Gasteiger partial charge on any atom is 0.310 e. The molecule has 7 heteroatoms. The van der Waals surface area contributed by atoms with Crippen LogP contribution in [-0.2, 0) is 10.3 Å². The molecule has 0 saturated carbocycles. The van der Waals surface area contributed by atoms with Crippen LogP contribution in [0, 0.1) is 0 Å². The van der Waals surface area contributed by atoms with Gasteiger partial charge in [0.05, 0.1) is 0 Å². The summed E-state index contributed by atoms with van der Waals surface area (Å²) in [5.41, 5.74) is 0.729. The summed E-state index contributed by atoms with van der Waals surface area (Å²) < 4.78 is -0.516. The van der Waals surface area contributed by atoms with Crippen LogP contribution < -0.4 is 4.87 Å². The standard InChI is InChI=1S/C6H5BrCl3NOS/c7-2-1-4-3-13-5(12)11(4)6(8,9)10/h3H,1-2H2. The van der Waals surface area contributed by atoms with Crippen molar-refractivity contribution in [2.75, 3.05) is 5.33 Å². The van der Waals surface area contributed by atoms with Gasteiger partial charge in [0.2, 0.25) is 0 Å². The molecule has 0 saturated heterocycles. The zero-order chi connectivity index (χ0) is 10.1. The van der Waals surface area contributed by atoms with Gasteiger partial charge in [0.15, 0.2) is 0 Å². The molecule has 1 rings (SSSR count). The van der Waals surface area contributed by atoms with Crippen molar-refractivity contribution < 1.29 is 0 Å². The van der Waals surface area contributed by atoms with E-state index in [1.165, 1.54) is 4.57 Å². The molecular weight excluding hydrogens is 320 g/mol. The Hall–Kier alpha value is 0.780. The van der Waals surface area contributed by atoms with Crippen LogP contribution in [0.25, 0.3) is 0 Å². The molecule has 0 unspecified atom stereocenters. The van der Waals surface area contributed by atoms with Crippen molar-refractivity contribution in [1.29, 1.82) is 0 Å². The number of hydrogen-bond acceptors (Lipinski definition) is 2. The number of aromatic nitrogens is 1. The van der Waals surface area contributed by atoms with Gasteiger partial charge in [0, 0.05) is 16.4 Å². The van der Waals surface area contributed by atoms with Gasteiger partial charge in [-0.2, -0.15) is 0 Å². The lowest BCUT2D eigenvalue weighted by molar-refractivity contribution is 0.722. The van der Waals surface area contributed by atoms with E-state index in [2.05, 4.69) is 15.9 Å². The van der Waals surface area contributed by atoms with E-state index in [1.807, 2.05) is 0 Å². The first-order valence-electron chi connectivity index (χ1n) is 3.29. The molecule has 0 spiro atoms. The average Bonchev–Trinajstić information content (AvgIpc) is 2.31. The van der Waals surface area contributed by atoms with Crippen LogP contribution in [0.5, 0.6) is 0 Å². The Morgan fingerprint density at radius 1 is 1.54 bits per heavy atom. The fourth-order valence-electron chi connectivity index (χ4n) is 0.875. The molecule has 0 radical (unpaired) electrons. The number of rotatable bonds is 2. The molecule has 0 aliphatic carbocycles. The third-order valence-corrected chi connectivity index (χ3v) is 3.05. The minimum atomic E-state index is -1.69. The Morgan fingerprint density at radius 3 is 2.62 bits per heavy atom. The van der Waals surface area contributed by atoms with Gasteiger partial charge in [-0.05, 0) is 6.42 Å². The van der Waals surface area contributed by atoms with E-state index < -0.39 is 3.92 Å². The topological polar surface area (TPSA) is 22.0 Å². The highest BCUT2D eigenvalue weighted by Gasteiger charge is 2.27. The van der Waals surface area contributed by atoms with Crippen molar-refractivity contribution >= 4 is 62.1 Å². The van der Waals surface area contributed by atoms with Gasteiger partial charge in [-0.25, -0.2) is 0 Å². The molecule has 1 aromatic rings. The molecule has 0 N–H and O–H groups in total. The third kappa shape index (κ3) is 2.86. The maximum absolute atomic E-state index is 11.3. The highest BCUT2D eigenvalue weighted by Crippen LogP contribution is 2.32. The van der Waals surface area contributed by atoms with E-state index >= 15 is 0 Å². The minimum absolute atomic E-state index is 0.254. The van der Waals surface area contributed by atoms with Gasteiger partial charge in [-0.3, -0.25) is 9.36 Å². The number of nitrogens with zero attached hydrogens (tertiary/aromatic N) is 1. The first kappa shape index (κ1) is 11.9. The van der Waals surface area contributed by atoms with Crippen LogP contribution in [0.4, 0.5) is 0 Å². The smallest absolute Gasteiger partial charge is 0.257 e. The van der Waals surface area contributed by atoms with Crippen LogP contribution in [0.2, 0.25) is 0 Å². The summed E-state index contributed by atoms with van der Waals surface area (Å²) in [6, 6.07) is 0. The van der Waals surface area contributed by atoms with E-state index in [-0.39, 0.29) is 4.87 Å². The lowest BCUT2D eigenvalue weighted by atomic mass is 10.4. The number of alkyl halides is 4. The molecular formula is C6H5BrCl3NOS. The Kier molecular flexibility index (Phi) is 4.13. The Morgan fingerprint density at radius 2 is 2.15 bits per heavy atom. The van der Waals surface area contributed by atoms with Crippen LogP contribution in [0.15, 0.2) is 10.2 Å². The van der Waals surface area contributed by atoms with Crippen molar-refractivity contribution in [2.45, 2.75) is 10.3 Å². The van der Waals surface area contributed by atoms with Crippen molar-refractivity contribution in [3.8, 4) is 0 Å². The Labute approximate surface area is 103 Å². The molecule has 1 heterocycles. The van der Waals surface area contributed by atoms with E-state index in [9.17, 15) is 4.79 Å². The molecule has 0 aliphatic rings. The van der Waals surface area contributed by atoms with Crippen molar-refractivity contribution in [2.24, 2.45) is 0 Å². The van der Waals surface area contributed by atoms with Gasteiger partial charge >= 0.3 is 4.87 Å². The van der Waals surface area contributed by atoms with Crippen LogP contribution in [0.3, 0.4) is 0 Å². The van der Waals surface area contributed by atoms with Gasteiger partial charge in [0.1, 0.15) is 0 Å². The van der Waals surface area contributed by atoms with E-state index in [1.54, 1.807) is 5.38 Å². The van der Waals surface area contributed by atoms with Gasteiger partial charge in [-0.15, -0.1) is 0 Å². The summed E-state index contributed by atoms with van der Waals surface area (Å²) in [6.07, 6.45) is 0.659. The Bertz CT molecular complexity index is 342. The van der Waals surface area contributed by atoms with Gasteiger partial charge < -0.3 is 0 Å². The van der Waals surface area contributed by atoms with Gasteiger partial charge in [-0.1, -0.05) is 62.1 Å². The third-order valence-electron chi connectivity index (χ3n) is 1.37. The lowest BCUT2D eigenvalue weighted by Crippen LogP contribution is -2.26. The molecule has 0 aromatic carbocycles.